The topological polar surface area (TPSA) is 47.6 Å². The first-order valence-corrected chi connectivity index (χ1v) is 8.64. The SMILES string of the molecule is COc1cccc(CNC(=O)c2cc3c(s2)CCCC3)c1OC. The number of thiophene rings is 1. The second-order valence-corrected chi connectivity index (χ2v) is 6.74. The van der Waals surface area contributed by atoms with Gasteiger partial charge in [-0.2, -0.15) is 0 Å². The summed E-state index contributed by atoms with van der Waals surface area (Å²) in [6.07, 6.45) is 4.67. The fraction of sp³-hybridized carbons (Fsp3) is 0.389. The summed E-state index contributed by atoms with van der Waals surface area (Å²) in [4.78, 5) is 14.6. The van der Waals surface area contributed by atoms with Crippen molar-refractivity contribution in [1.29, 1.82) is 0 Å². The van der Waals surface area contributed by atoms with E-state index in [0.29, 0.717) is 18.0 Å². The molecule has 0 fully saturated rings. The number of methoxy groups -OCH3 is 2. The van der Waals surface area contributed by atoms with Crippen LogP contribution in [0, 0.1) is 0 Å². The lowest BCUT2D eigenvalue weighted by molar-refractivity contribution is 0.0954. The average molecular weight is 331 g/mol. The number of para-hydroxylation sites is 1. The molecule has 0 radical (unpaired) electrons. The number of amides is 1. The Bertz CT molecular complexity index is 685. The van der Waals surface area contributed by atoms with Crippen molar-refractivity contribution in [2.45, 2.75) is 32.2 Å². The monoisotopic (exact) mass is 331 g/mol. The van der Waals surface area contributed by atoms with Crippen molar-refractivity contribution in [2.75, 3.05) is 14.2 Å². The molecular weight excluding hydrogens is 310 g/mol. The molecule has 0 spiro atoms. The van der Waals surface area contributed by atoms with Crippen molar-refractivity contribution in [1.82, 2.24) is 5.32 Å². The van der Waals surface area contributed by atoms with E-state index >= 15 is 0 Å². The maximum atomic E-state index is 12.4. The van der Waals surface area contributed by atoms with Crippen LogP contribution in [-0.2, 0) is 19.4 Å². The number of fused-ring (bicyclic) bond motifs is 1. The van der Waals surface area contributed by atoms with E-state index in [9.17, 15) is 4.79 Å². The number of ether oxygens (including phenoxy) is 2. The second-order valence-electron chi connectivity index (χ2n) is 5.60. The normalized spacial score (nSPS) is 13.3. The summed E-state index contributed by atoms with van der Waals surface area (Å²) >= 11 is 1.63. The van der Waals surface area contributed by atoms with E-state index in [2.05, 4.69) is 11.4 Å². The van der Waals surface area contributed by atoms with E-state index in [4.69, 9.17) is 9.47 Å². The summed E-state index contributed by atoms with van der Waals surface area (Å²) in [7, 11) is 3.22. The Morgan fingerprint density at radius 2 is 2.04 bits per heavy atom. The molecule has 0 aliphatic heterocycles. The first kappa shape index (κ1) is 15.9. The van der Waals surface area contributed by atoms with Gasteiger partial charge in [-0.05, 0) is 43.4 Å². The highest BCUT2D eigenvalue weighted by Gasteiger charge is 2.17. The summed E-state index contributed by atoms with van der Waals surface area (Å²) < 4.78 is 10.7. The zero-order valence-electron chi connectivity index (χ0n) is 13.5. The van der Waals surface area contributed by atoms with Gasteiger partial charge < -0.3 is 14.8 Å². The molecule has 0 atom stereocenters. The van der Waals surface area contributed by atoms with Gasteiger partial charge in [-0.1, -0.05) is 12.1 Å². The van der Waals surface area contributed by atoms with Gasteiger partial charge >= 0.3 is 0 Å². The van der Waals surface area contributed by atoms with Gasteiger partial charge in [0.25, 0.3) is 5.91 Å². The van der Waals surface area contributed by atoms with Crippen molar-refractivity contribution in [3.05, 3.63) is 45.1 Å². The van der Waals surface area contributed by atoms with Crippen LogP contribution < -0.4 is 14.8 Å². The molecule has 122 valence electrons. The molecule has 1 amide bonds. The standard InChI is InChI=1S/C18H21NO3S/c1-21-14-8-5-7-13(17(14)22-2)11-19-18(20)16-10-12-6-3-4-9-15(12)23-16/h5,7-8,10H,3-4,6,9,11H2,1-2H3,(H,19,20). The number of hydrogen-bond donors (Lipinski definition) is 1. The Hall–Kier alpha value is -2.01. The highest BCUT2D eigenvalue weighted by Crippen LogP contribution is 2.31. The highest BCUT2D eigenvalue weighted by molar-refractivity contribution is 7.14. The lowest BCUT2D eigenvalue weighted by Crippen LogP contribution is -2.22. The van der Waals surface area contributed by atoms with Crippen molar-refractivity contribution in [2.24, 2.45) is 0 Å². The maximum absolute atomic E-state index is 12.4. The first-order valence-electron chi connectivity index (χ1n) is 7.82. The minimum absolute atomic E-state index is 0.0192. The van der Waals surface area contributed by atoms with Gasteiger partial charge in [0.1, 0.15) is 0 Å². The van der Waals surface area contributed by atoms with Gasteiger partial charge in [0.05, 0.1) is 19.1 Å². The number of aryl methyl sites for hydroxylation is 2. The number of benzene rings is 1. The Morgan fingerprint density at radius 1 is 1.22 bits per heavy atom. The fourth-order valence-corrected chi connectivity index (χ4v) is 4.13. The van der Waals surface area contributed by atoms with Crippen LogP contribution in [0.4, 0.5) is 0 Å². The molecule has 1 aliphatic rings. The van der Waals surface area contributed by atoms with Crippen LogP contribution in [0.2, 0.25) is 0 Å². The van der Waals surface area contributed by atoms with E-state index in [-0.39, 0.29) is 5.91 Å². The Morgan fingerprint density at radius 3 is 2.78 bits per heavy atom. The van der Waals surface area contributed by atoms with E-state index in [1.165, 1.54) is 23.3 Å². The minimum Gasteiger partial charge on any atom is -0.493 e. The van der Waals surface area contributed by atoms with Gasteiger partial charge in [0.15, 0.2) is 11.5 Å². The van der Waals surface area contributed by atoms with Gasteiger partial charge in [-0.15, -0.1) is 11.3 Å². The minimum atomic E-state index is -0.0192. The zero-order chi connectivity index (χ0) is 16.2. The molecule has 1 heterocycles. The van der Waals surface area contributed by atoms with Crippen LogP contribution in [0.3, 0.4) is 0 Å². The molecule has 3 rings (SSSR count). The number of carbonyl (C=O) groups excluding carboxylic acids is 1. The molecule has 4 nitrogen and oxygen atoms in total. The third-order valence-corrected chi connectivity index (χ3v) is 5.38. The highest BCUT2D eigenvalue weighted by atomic mass is 32.1. The predicted octanol–water partition coefficient (Wildman–Crippen LogP) is 3.57. The number of hydrogen-bond acceptors (Lipinski definition) is 4. The van der Waals surface area contributed by atoms with Gasteiger partial charge in [0, 0.05) is 17.0 Å². The smallest absolute Gasteiger partial charge is 0.261 e. The summed E-state index contributed by atoms with van der Waals surface area (Å²) in [6, 6.07) is 7.72. The maximum Gasteiger partial charge on any atom is 0.261 e. The van der Waals surface area contributed by atoms with Gasteiger partial charge in [-0.3, -0.25) is 4.79 Å². The quantitative estimate of drug-likeness (QED) is 0.911. The average Bonchev–Trinajstić information content (AvgIpc) is 3.03. The zero-order valence-corrected chi connectivity index (χ0v) is 14.3. The summed E-state index contributed by atoms with van der Waals surface area (Å²) in [5, 5.41) is 2.99. The molecular formula is C18H21NO3S. The van der Waals surface area contributed by atoms with Crippen LogP contribution in [0.1, 0.15) is 38.5 Å². The van der Waals surface area contributed by atoms with Gasteiger partial charge in [0.2, 0.25) is 0 Å². The van der Waals surface area contributed by atoms with Crippen LogP contribution in [0.25, 0.3) is 0 Å². The van der Waals surface area contributed by atoms with Crippen LogP contribution in [0.15, 0.2) is 24.3 Å². The van der Waals surface area contributed by atoms with Crippen LogP contribution >= 0.6 is 11.3 Å². The van der Waals surface area contributed by atoms with Crippen molar-refractivity contribution in [3.8, 4) is 11.5 Å². The van der Waals surface area contributed by atoms with E-state index in [1.54, 1.807) is 25.6 Å². The fourth-order valence-electron chi connectivity index (χ4n) is 2.96. The molecule has 0 saturated heterocycles. The van der Waals surface area contributed by atoms with E-state index in [0.717, 1.165) is 23.3 Å². The van der Waals surface area contributed by atoms with Gasteiger partial charge in [-0.25, -0.2) is 0 Å². The second kappa shape index (κ2) is 7.04. The van der Waals surface area contributed by atoms with Crippen LogP contribution in [0.5, 0.6) is 11.5 Å². The number of nitrogens with one attached hydrogen (secondary N) is 1. The van der Waals surface area contributed by atoms with Crippen molar-refractivity contribution >= 4 is 17.2 Å². The van der Waals surface area contributed by atoms with Crippen molar-refractivity contribution < 1.29 is 14.3 Å². The largest absolute Gasteiger partial charge is 0.493 e. The third-order valence-electron chi connectivity index (χ3n) is 4.14. The van der Waals surface area contributed by atoms with Crippen LogP contribution in [-0.4, -0.2) is 20.1 Å². The molecule has 0 saturated carbocycles. The molecule has 1 aromatic heterocycles. The molecule has 23 heavy (non-hydrogen) atoms. The molecule has 1 aromatic carbocycles. The lowest BCUT2D eigenvalue weighted by Gasteiger charge is -2.12. The molecule has 1 N–H and O–H groups in total. The number of rotatable bonds is 5. The third kappa shape index (κ3) is 3.34. The molecule has 0 bridgehead atoms. The number of carbonyl (C=O) groups is 1. The molecule has 5 heteroatoms. The Labute approximate surface area is 140 Å². The Balaban J connectivity index is 1.71. The summed E-state index contributed by atoms with van der Waals surface area (Å²) in [5.74, 6) is 1.32. The van der Waals surface area contributed by atoms with E-state index in [1.807, 2.05) is 18.2 Å². The summed E-state index contributed by atoms with van der Waals surface area (Å²) in [5.41, 5.74) is 2.26. The van der Waals surface area contributed by atoms with E-state index < -0.39 is 0 Å². The predicted molar refractivity (Wildman–Crippen MR) is 91.7 cm³/mol. The molecule has 1 aliphatic carbocycles. The molecule has 0 unspecified atom stereocenters. The summed E-state index contributed by atoms with van der Waals surface area (Å²) in [6.45, 7) is 0.418. The van der Waals surface area contributed by atoms with Crippen molar-refractivity contribution in [3.63, 3.8) is 0 Å². The first-order chi connectivity index (χ1) is 11.2. The Kier molecular flexibility index (Phi) is 4.86. The lowest BCUT2D eigenvalue weighted by atomic mass is 9.99. The molecule has 2 aromatic rings.